The van der Waals surface area contributed by atoms with Gasteiger partial charge in [-0.3, -0.25) is 14.2 Å². The van der Waals surface area contributed by atoms with Crippen LogP contribution in [0.25, 0.3) is 11.3 Å². The Kier molecular flexibility index (Phi) is 8.57. The van der Waals surface area contributed by atoms with Crippen LogP contribution < -0.4 is 5.56 Å². The molecule has 2 aromatic carbocycles. The first-order chi connectivity index (χ1) is 18.0. The van der Waals surface area contributed by atoms with E-state index in [-0.39, 0.29) is 48.8 Å². The van der Waals surface area contributed by atoms with Gasteiger partial charge in [-0.1, -0.05) is 35.9 Å². The second-order valence-corrected chi connectivity index (χ2v) is 10.0. The smallest absolute Gasteiger partial charge is 0.377 e. The summed E-state index contributed by atoms with van der Waals surface area (Å²) in [5.74, 6) is 0.114. The molecule has 0 bridgehead atoms. The predicted molar refractivity (Wildman–Crippen MR) is 139 cm³/mol. The molecule has 1 aromatic heterocycles. The lowest BCUT2D eigenvalue weighted by Gasteiger charge is -2.38. The molecule has 0 saturated carbocycles. The standard InChI is InChI=1S/C28H29ClF3N3O3/c1-18-16-38-17-19(2)35(18)27(37)22-6-3-5-20(13-22)15-34-25(7-4-12-28(30,31)32)33-24(14-26(34)36)21-8-10-23(29)11-9-21/h3,5-6,8-11,13-14,18-19H,4,7,12,15-17H2,1-2H3/t18-,19+. The molecule has 0 radical (unpaired) electrons. The third kappa shape index (κ3) is 6.82. The van der Waals surface area contributed by atoms with Crippen molar-refractivity contribution in [3.8, 4) is 11.3 Å². The highest BCUT2D eigenvalue weighted by Gasteiger charge is 2.30. The molecule has 10 heteroatoms. The summed E-state index contributed by atoms with van der Waals surface area (Å²) in [6.45, 7) is 4.84. The number of carbonyl (C=O) groups is 1. The van der Waals surface area contributed by atoms with Crippen molar-refractivity contribution >= 4 is 17.5 Å². The van der Waals surface area contributed by atoms with Crippen LogP contribution in [0.15, 0.2) is 59.4 Å². The number of hydrogen-bond donors (Lipinski definition) is 0. The highest BCUT2D eigenvalue weighted by molar-refractivity contribution is 6.30. The van der Waals surface area contributed by atoms with E-state index in [9.17, 15) is 22.8 Å². The van der Waals surface area contributed by atoms with E-state index in [0.717, 1.165) is 0 Å². The monoisotopic (exact) mass is 547 g/mol. The number of hydrogen-bond acceptors (Lipinski definition) is 4. The maximum absolute atomic E-state index is 13.3. The fourth-order valence-corrected chi connectivity index (χ4v) is 4.79. The SMILES string of the molecule is C[C@@H]1COC[C@H](C)N1C(=O)c1cccc(Cn2c(CCCC(F)(F)F)nc(-c3ccc(Cl)cc3)cc2=O)c1. The molecule has 0 aliphatic carbocycles. The first-order valence-electron chi connectivity index (χ1n) is 12.4. The molecular weight excluding hydrogens is 519 g/mol. The Morgan fingerprint density at radius 1 is 1.08 bits per heavy atom. The molecule has 38 heavy (non-hydrogen) atoms. The molecule has 2 atom stereocenters. The van der Waals surface area contributed by atoms with E-state index in [2.05, 4.69) is 4.98 Å². The van der Waals surface area contributed by atoms with Crippen LogP contribution in [-0.4, -0.2) is 51.8 Å². The summed E-state index contributed by atoms with van der Waals surface area (Å²) in [6.07, 6.45) is -5.52. The minimum Gasteiger partial charge on any atom is -0.377 e. The first-order valence-corrected chi connectivity index (χ1v) is 12.8. The highest BCUT2D eigenvalue weighted by atomic mass is 35.5. The largest absolute Gasteiger partial charge is 0.389 e. The number of amides is 1. The van der Waals surface area contributed by atoms with Crippen LogP contribution in [0.5, 0.6) is 0 Å². The van der Waals surface area contributed by atoms with E-state index in [0.29, 0.717) is 40.6 Å². The van der Waals surface area contributed by atoms with Gasteiger partial charge in [0.1, 0.15) is 5.82 Å². The topological polar surface area (TPSA) is 64.4 Å². The van der Waals surface area contributed by atoms with Crippen molar-refractivity contribution in [3.05, 3.63) is 86.9 Å². The number of halogens is 4. The van der Waals surface area contributed by atoms with Gasteiger partial charge >= 0.3 is 6.18 Å². The quantitative estimate of drug-likeness (QED) is 0.378. The minimum atomic E-state index is -4.30. The summed E-state index contributed by atoms with van der Waals surface area (Å²) in [4.78, 5) is 32.9. The van der Waals surface area contributed by atoms with Crippen LogP contribution in [0.3, 0.4) is 0 Å². The van der Waals surface area contributed by atoms with Gasteiger partial charge in [0.25, 0.3) is 11.5 Å². The zero-order valence-corrected chi connectivity index (χ0v) is 21.9. The molecule has 1 fully saturated rings. The fraction of sp³-hybridized carbons (Fsp3) is 0.393. The first kappa shape index (κ1) is 27.9. The van der Waals surface area contributed by atoms with Gasteiger partial charge < -0.3 is 9.64 Å². The van der Waals surface area contributed by atoms with Gasteiger partial charge in [0.05, 0.1) is 37.5 Å². The molecule has 2 heterocycles. The summed E-state index contributed by atoms with van der Waals surface area (Å²) in [7, 11) is 0. The number of alkyl halides is 3. The molecule has 1 saturated heterocycles. The molecule has 0 spiro atoms. The highest BCUT2D eigenvalue weighted by Crippen LogP contribution is 2.24. The number of ether oxygens (including phenoxy) is 1. The molecule has 0 N–H and O–H groups in total. The normalized spacial score (nSPS) is 18.0. The maximum atomic E-state index is 13.3. The van der Waals surface area contributed by atoms with Gasteiger partial charge in [-0.15, -0.1) is 0 Å². The van der Waals surface area contributed by atoms with Gasteiger partial charge in [0.15, 0.2) is 0 Å². The van der Waals surface area contributed by atoms with Gasteiger partial charge in [0, 0.05) is 35.1 Å². The van der Waals surface area contributed by atoms with Gasteiger partial charge in [-0.2, -0.15) is 13.2 Å². The predicted octanol–water partition coefficient (Wildman–Crippen LogP) is 5.75. The summed E-state index contributed by atoms with van der Waals surface area (Å²) in [5.41, 5.74) is 1.76. The van der Waals surface area contributed by atoms with Crippen molar-refractivity contribution in [3.63, 3.8) is 0 Å². The summed E-state index contributed by atoms with van der Waals surface area (Å²) in [6, 6.07) is 14.9. The molecule has 0 unspecified atom stereocenters. The third-order valence-corrected chi connectivity index (χ3v) is 6.76. The van der Waals surface area contributed by atoms with E-state index >= 15 is 0 Å². The molecule has 3 aromatic rings. The zero-order valence-electron chi connectivity index (χ0n) is 21.2. The Bertz CT molecular complexity index is 1330. The minimum absolute atomic E-state index is 0.0302. The summed E-state index contributed by atoms with van der Waals surface area (Å²) in [5, 5.41) is 0.516. The van der Waals surface area contributed by atoms with Crippen LogP contribution in [0, 0.1) is 0 Å². The third-order valence-electron chi connectivity index (χ3n) is 6.50. The van der Waals surface area contributed by atoms with E-state index in [1.165, 1.54) is 10.6 Å². The number of carbonyl (C=O) groups excluding carboxylic acids is 1. The number of benzene rings is 2. The molecule has 6 nitrogen and oxygen atoms in total. The Morgan fingerprint density at radius 2 is 1.76 bits per heavy atom. The Hall–Kier alpha value is -3.17. The molecule has 4 rings (SSSR count). The molecule has 1 amide bonds. The van der Waals surface area contributed by atoms with E-state index < -0.39 is 12.6 Å². The molecule has 1 aliphatic rings. The Morgan fingerprint density at radius 3 is 2.42 bits per heavy atom. The number of rotatable bonds is 7. The van der Waals surface area contributed by atoms with Crippen molar-refractivity contribution in [2.45, 2.75) is 57.9 Å². The molecular formula is C28H29ClF3N3O3. The lowest BCUT2D eigenvalue weighted by atomic mass is 10.1. The lowest BCUT2D eigenvalue weighted by Crippen LogP contribution is -2.52. The average molecular weight is 548 g/mol. The van der Waals surface area contributed by atoms with E-state index in [4.69, 9.17) is 16.3 Å². The number of nitrogens with zero attached hydrogens (tertiary/aromatic N) is 3. The maximum Gasteiger partial charge on any atom is 0.389 e. The summed E-state index contributed by atoms with van der Waals surface area (Å²) < 4.78 is 45.5. The van der Waals surface area contributed by atoms with Crippen LogP contribution in [0.2, 0.25) is 5.02 Å². The Balaban J connectivity index is 1.65. The van der Waals surface area contributed by atoms with Gasteiger partial charge in [0.2, 0.25) is 0 Å². The Labute approximate surface area is 224 Å². The summed E-state index contributed by atoms with van der Waals surface area (Å²) >= 11 is 5.96. The van der Waals surface area contributed by atoms with Crippen molar-refractivity contribution < 1.29 is 22.7 Å². The van der Waals surface area contributed by atoms with E-state index in [1.807, 2.05) is 13.8 Å². The number of morpholine rings is 1. The van der Waals surface area contributed by atoms with Crippen molar-refractivity contribution in [2.24, 2.45) is 0 Å². The van der Waals surface area contributed by atoms with Crippen LogP contribution in [0.4, 0.5) is 13.2 Å². The van der Waals surface area contributed by atoms with Crippen LogP contribution in [0.1, 0.15) is 48.4 Å². The average Bonchev–Trinajstić information content (AvgIpc) is 2.85. The van der Waals surface area contributed by atoms with Crippen molar-refractivity contribution in [1.82, 2.24) is 14.5 Å². The fourth-order valence-electron chi connectivity index (χ4n) is 4.67. The number of aromatic nitrogens is 2. The molecule has 1 aliphatic heterocycles. The van der Waals surface area contributed by atoms with Crippen molar-refractivity contribution in [1.29, 1.82) is 0 Å². The zero-order chi connectivity index (χ0) is 27.4. The van der Waals surface area contributed by atoms with Gasteiger partial charge in [-0.05, 0) is 50.1 Å². The van der Waals surface area contributed by atoms with Crippen LogP contribution in [-0.2, 0) is 17.7 Å². The van der Waals surface area contributed by atoms with Crippen LogP contribution >= 0.6 is 11.6 Å². The number of aryl methyl sites for hydroxylation is 1. The lowest BCUT2D eigenvalue weighted by molar-refractivity contribution is -0.135. The second-order valence-electron chi connectivity index (χ2n) is 9.61. The van der Waals surface area contributed by atoms with Crippen molar-refractivity contribution in [2.75, 3.05) is 13.2 Å². The molecule has 202 valence electrons. The second kappa shape index (κ2) is 11.7. The van der Waals surface area contributed by atoms with E-state index in [1.54, 1.807) is 53.4 Å². The van der Waals surface area contributed by atoms with Gasteiger partial charge in [-0.25, -0.2) is 4.98 Å².